The first kappa shape index (κ1) is 15.5. The Balaban J connectivity index is 2.63. The molecule has 0 radical (unpaired) electrons. The van der Waals surface area contributed by atoms with E-state index in [4.69, 9.17) is 4.74 Å². The van der Waals surface area contributed by atoms with Gasteiger partial charge in [-0.15, -0.1) is 5.10 Å². The van der Waals surface area contributed by atoms with Crippen molar-refractivity contribution in [3.63, 3.8) is 0 Å². The van der Waals surface area contributed by atoms with E-state index in [0.29, 0.717) is 6.04 Å². The highest BCUT2D eigenvalue weighted by Crippen LogP contribution is 2.25. The molecule has 1 heterocycles. The minimum absolute atomic E-state index is 0.390. The van der Waals surface area contributed by atoms with Gasteiger partial charge in [-0.25, -0.2) is 0 Å². The maximum atomic E-state index is 5.14. The maximum absolute atomic E-state index is 5.14. The zero-order valence-corrected chi connectivity index (χ0v) is 12.6. The smallest absolute Gasteiger partial charge is 0.0803 e. The van der Waals surface area contributed by atoms with Gasteiger partial charge in [-0.3, -0.25) is 0 Å². The minimum Gasteiger partial charge on any atom is -0.385 e. The van der Waals surface area contributed by atoms with E-state index >= 15 is 0 Å². The molecule has 0 spiro atoms. The highest BCUT2D eigenvalue weighted by Gasteiger charge is 2.17. The van der Waals surface area contributed by atoms with Crippen molar-refractivity contribution in [1.29, 1.82) is 0 Å². The van der Waals surface area contributed by atoms with Crippen molar-refractivity contribution in [3.05, 3.63) is 10.6 Å². The van der Waals surface area contributed by atoms with Crippen LogP contribution in [0.25, 0.3) is 0 Å². The average Bonchev–Trinajstić information content (AvgIpc) is 2.82. The van der Waals surface area contributed by atoms with E-state index in [2.05, 4.69) is 28.8 Å². The van der Waals surface area contributed by atoms with Gasteiger partial charge in [0.15, 0.2) is 0 Å². The molecule has 1 aromatic heterocycles. The van der Waals surface area contributed by atoms with Crippen molar-refractivity contribution in [1.82, 2.24) is 14.9 Å². The van der Waals surface area contributed by atoms with Crippen LogP contribution in [0.15, 0.2) is 0 Å². The Hall–Kier alpha value is -0.520. The average molecular weight is 271 g/mol. The highest BCUT2D eigenvalue weighted by molar-refractivity contribution is 7.05. The largest absolute Gasteiger partial charge is 0.385 e. The van der Waals surface area contributed by atoms with Crippen LogP contribution in [0.5, 0.6) is 0 Å². The summed E-state index contributed by atoms with van der Waals surface area (Å²) in [6.45, 7) is 6.24. The lowest BCUT2D eigenvalue weighted by Gasteiger charge is -2.17. The fourth-order valence-corrected chi connectivity index (χ4v) is 2.77. The van der Waals surface area contributed by atoms with Crippen LogP contribution in [0.3, 0.4) is 0 Å². The second-order valence-corrected chi connectivity index (χ2v) is 5.26. The summed E-state index contributed by atoms with van der Waals surface area (Å²) in [6.07, 6.45) is 5.46. The number of rotatable bonds is 10. The Morgan fingerprint density at radius 2 is 2.17 bits per heavy atom. The standard InChI is InChI=1S/C13H25N3OS/c1-4-7-12-13(18-16-15-12)11(14-9-5-2)8-6-10-17-3/h11,14H,4-10H2,1-3H3. The van der Waals surface area contributed by atoms with Gasteiger partial charge in [0.25, 0.3) is 0 Å². The van der Waals surface area contributed by atoms with E-state index in [-0.39, 0.29) is 0 Å². The number of aromatic nitrogens is 2. The highest BCUT2D eigenvalue weighted by atomic mass is 32.1. The fourth-order valence-electron chi connectivity index (χ4n) is 1.97. The minimum atomic E-state index is 0.390. The van der Waals surface area contributed by atoms with Crippen molar-refractivity contribution >= 4 is 11.5 Å². The Bertz CT molecular complexity index is 317. The Labute approximate surface area is 114 Å². The van der Waals surface area contributed by atoms with Gasteiger partial charge in [0, 0.05) is 19.8 Å². The third-order valence-corrected chi connectivity index (χ3v) is 3.75. The second-order valence-electron chi connectivity index (χ2n) is 4.48. The molecule has 1 rings (SSSR count). The van der Waals surface area contributed by atoms with Crippen molar-refractivity contribution < 1.29 is 4.74 Å². The fraction of sp³-hybridized carbons (Fsp3) is 0.846. The summed E-state index contributed by atoms with van der Waals surface area (Å²) in [4.78, 5) is 1.32. The van der Waals surface area contributed by atoms with E-state index < -0.39 is 0 Å². The lowest BCUT2D eigenvalue weighted by molar-refractivity contribution is 0.189. The molecule has 1 unspecified atom stereocenters. The molecule has 0 aliphatic heterocycles. The zero-order chi connectivity index (χ0) is 13.2. The van der Waals surface area contributed by atoms with Crippen LogP contribution in [-0.2, 0) is 11.2 Å². The summed E-state index contributed by atoms with van der Waals surface area (Å²) in [5.41, 5.74) is 1.17. The summed E-state index contributed by atoms with van der Waals surface area (Å²) in [6, 6.07) is 0.390. The maximum Gasteiger partial charge on any atom is 0.0803 e. The van der Waals surface area contributed by atoms with Crippen LogP contribution < -0.4 is 5.32 Å². The molecule has 1 atom stereocenters. The van der Waals surface area contributed by atoms with Crippen LogP contribution >= 0.6 is 11.5 Å². The molecule has 104 valence electrons. The molecule has 0 aliphatic carbocycles. The van der Waals surface area contributed by atoms with E-state index in [1.807, 2.05) is 0 Å². The third kappa shape index (κ3) is 5.00. The van der Waals surface area contributed by atoms with E-state index in [0.717, 1.165) is 45.3 Å². The SMILES string of the molecule is CCCNC(CCCOC)c1snnc1CCC. The number of methoxy groups -OCH3 is 1. The number of nitrogens with zero attached hydrogens (tertiary/aromatic N) is 2. The monoisotopic (exact) mass is 271 g/mol. The number of ether oxygens (including phenoxy) is 1. The van der Waals surface area contributed by atoms with Crippen molar-refractivity contribution in [2.45, 2.75) is 52.0 Å². The Morgan fingerprint density at radius 1 is 1.33 bits per heavy atom. The summed E-state index contributed by atoms with van der Waals surface area (Å²) in [5, 5.41) is 7.86. The number of aryl methyl sites for hydroxylation is 1. The van der Waals surface area contributed by atoms with E-state index in [1.54, 1.807) is 18.6 Å². The third-order valence-electron chi connectivity index (χ3n) is 2.87. The lowest BCUT2D eigenvalue weighted by Crippen LogP contribution is -2.22. The predicted molar refractivity (Wildman–Crippen MR) is 76.0 cm³/mol. The van der Waals surface area contributed by atoms with Crippen molar-refractivity contribution in [2.75, 3.05) is 20.3 Å². The van der Waals surface area contributed by atoms with Crippen molar-refractivity contribution in [2.24, 2.45) is 0 Å². The number of nitrogens with one attached hydrogen (secondary N) is 1. The molecule has 0 bridgehead atoms. The molecule has 0 saturated heterocycles. The molecule has 4 nitrogen and oxygen atoms in total. The first-order valence-electron chi connectivity index (χ1n) is 6.86. The molecule has 1 N–H and O–H groups in total. The molecule has 0 fully saturated rings. The Morgan fingerprint density at radius 3 is 2.83 bits per heavy atom. The van der Waals surface area contributed by atoms with Crippen LogP contribution in [0.4, 0.5) is 0 Å². The van der Waals surface area contributed by atoms with Crippen LogP contribution in [0.2, 0.25) is 0 Å². The van der Waals surface area contributed by atoms with Gasteiger partial charge in [-0.2, -0.15) is 0 Å². The lowest BCUT2D eigenvalue weighted by atomic mass is 10.1. The number of hydrogen-bond donors (Lipinski definition) is 1. The molecule has 1 aromatic rings. The van der Waals surface area contributed by atoms with Crippen LogP contribution in [0, 0.1) is 0 Å². The van der Waals surface area contributed by atoms with Gasteiger partial charge in [0.05, 0.1) is 10.6 Å². The molecule has 18 heavy (non-hydrogen) atoms. The first-order chi connectivity index (χ1) is 8.83. The molecule has 5 heteroatoms. The summed E-state index contributed by atoms with van der Waals surface area (Å²) >= 11 is 1.54. The van der Waals surface area contributed by atoms with Gasteiger partial charge in [-0.1, -0.05) is 24.8 Å². The summed E-state index contributed by atoms with van der Waals surface area (Å²) in [5.74, 6) is 0. The first-order valence-corrected chi connectivity index (χ1v) is 7.64. The van der Waals surface area contributed by atoms with Gasteiger partial charge in [-0.05, 0) is 43.8 Å². The van der Waals surface area contributed by atoms with Gasteiger partial charge in [0.1, 0.15) is 0 Å². The van der Waals surface area contributed by atoms with Gasteiger partial charge >= 0.3 is 0 Å². The van der Waals surface area contributed by atoms with Gasteiger partial charge in [0.2, 0.25) is 0 Å². The molecule has 0 saturated carbocycles. The molecule has 0 aliphatic rings. The molecular weight excluding hydrogens is 246 g/mol. The van der Waals surface area contributed by atoms with Crippen LogP contribution in [-0.4, -0.2) is 29.8 Å². The molecule has 0 amide bonds. The Kier molecular flexibility index (Phi) is 8.13. The molecule has 0 aromatic carbocycles. The number of hydrogen-bond acceptors (Lipinski definition) is 5. The topological polar surface area (TPSA) is 47.0 Å². The predicted octanol–water partition coefficient (Wildman–Crippen LogP) is 2.96. The quantitative estimate of drug-likeness (QED) is 0.665. The van der Waals surface area contributed by atoms with Gasteiger partial charge < -0.3 is 10.1 Å². The van der Waals surface area contributed by atoms with E-state index in [9.17, 15) is 0 Å². The summed E-state index contributed by atoms with van der Waals surface area (Å²) in [7, 11) is 1.76. The van der Waals surface area contributed by atoms with E-state index in [1.165, 1.54) is 10.6 Å². The van der Waals surface area contributed by atoms with Crippen LogP contribution in [0.1, 0.15) is 56.1 Å². The summed E-state index contributed by atoms with van der Waals surface area (Å²) < 4.78 is 9.25. The van der Waals surface area contributed by atoms with Crippen molar-refractivity contribution in [3.8, 4) is 0 Å². The normalized spacial score (nSPS) is 12.8. The zero-order valence-electron chi connectivity index (χ0n) is 11.7. The molecular formula is C13H25N3OS. The second kappa shape index (κ2) is 9.42.